The van der Waals surface area contributed by atoms with Crippen LogP contribution in [0.2, 0.25) is 0 Å². The number of carbonyl (C=O) groups excluding carboxylic acids is 1. The first kappa shape index (κ1) is 15.6. The fourth-order valence-electron chi connectivity index (χ4n) is 1.14. The molecule has 0 radical (unpaired) electrons. The summed E-state index contributed by atoms with van der Waals surface area (Å²) in [6.07, 6.45) is 1.75. The van der Waals surface area contributed by atoms with Gasteiger partial charge in [0, 0.05) is 6.54 Å². The third-order valence-electron chi connectivity index (χ3n) is 2.12. The maximum absolute atomic E-state index is 12.0. The number of halogens is 1. The van der Waals surface area contributed by atoms with E-state index in [2.05, 4.69) is 26.2 Å². The molecule has 1 aromatic rings. The molecule has 0 aromatic carbocycles. The third kappa shape index (κ3) is 5.04. The minimum atomic E-state index is -0.731. The van der Waals surface area contributed by atoms with Crippen molar-refractivity contribution in [2.45, 2.75) is 52.3 Å². The first-order valence-corrected chi connectivity index (χ1v) is 7.30. The van der Waals surface area contributed by atoms with Crippen molar-refractivity contribution in [3.05, 3.63) is 15.0 Å². The summed E-state index contributed by atoms with van der Waals surface area (Å²) in [5.41, 5.74) is -1.20. The van der Waals surface area contributed by atoms with Crippen LogP contribution in [0.4, 0.5) is 0 Å². The second-order valence-corrected chi connectivity index (χ2v) is 8.03. The van der Waals surface area contributed by atoms with Crippen LogP contribution in [0.15, 0.2) is 9.98 Å². The minimum absolute atomic E-state index is 0.259. The van der Waals surface area contributed by atoms with Crippen LogP contribution in [0.3, 0.4) is 0 Å². The number of hydrogen-bond donors (Lipinski definition) is 1. The Balaban J connectivity index is 2.56. The van der Waals surface area contributed by atoms with E-state index < -0.39 is 11.1 Å². The van der Waals surface area contributed by atoms with Gasteiger partial charge in [0.2, 0.25) is 0 Å². The van der Waals surface area contributed by atoms with Crippen molar-refractivity contribution in [2.75, 3.05) is 0 Å². The molecule has 4 nitrogen and oxygen atoms in total. The molecular weight excluding hydrogens is 316 g/mol. The highest BCUT2D eigenvalue weighted by Crippen LogP contribution is 2.20. The Morgan fingerprint density at radius 3 is 2.50 bits per heavy atom. The molecule has 0 spiro atoms. The molecular formula is C12H19BrN2O2S. The largest absolute Gasteiger partial charge is 0.459 e. The lowest BCUT2D eigenvalue weighted by Crippen LogP contribution is -2.49. The second kappa shape index (κ2) is 5.67. The van der Waals surface area contributed by atoms with Crippen LogP contribution in [0.5, 0.6) is 0 Å². The molecule has 0 aliphatic rings. The number of carbonyl (C=O) groups is 1. The Morgan fingerprint density at radius 1 is 1.44 bits per heavy atom. The molecule has 0 fully saturated rings. The van der Waals surface area contributed by atoms with Crippen LogP contribution in [-0.2, 0) is 16.1 Å². The van der Waals surface area contributed by atoms with Crippen LogP contribution in [0, 0.1) is 0 Å². The van der Waals surface area contributed by atoms with Crippen LogP contribution in [0.1, 0.15) is 39.6 Å². The van der Waals surface area contributed by atoms with Gasteiger partial charge in [0.15, 0.2) is 0 Å². The normalized spacial score (nSPS) is 12.6. The summed E-state index contributed by atoms with van der Waals surface area (Å²) >= 11 is 4.90. The summed E-state index contributed by atoms with van der Waals surface area (Å²) in [5.74, 6) is -0.259. The quantitative estimate of drug-likeness (QED) is 0.859. The first-order chi connectivity index (χ1) is 8.10. The zero-order chi connectivity index (χ0) is 14.0. The van der Waals surface area contributed by atoms with Crippen LogP contribution in [-0.4, -0.2) is 22.1 Å². The van der Waals surface area contributed by atoms with Crippen molar-refractivity contribution in [1.29, 1.82) is 0 Å². The number of esters is 1. The molecule has 0 amide bonds. The van der Waals surface area contributed by atoms with E-state index >= 15 is 0 Å². The SMILES string of the molecule is CC(C)(C)OC(=O)C(C)(C)NCc1ncc(Br)s1. The number of nitrogens with one attached hydrogen (secondary N) is 1. The summed E-state index contributed by atoms with van der Waals surface area (Å²) in [6, 6.07) is 0. The van der Waals surface area contributed by atoms with Gasteiger partial charge in [-0.3, -0.25) is 10.1 Å². The number of nitrogens with zero attached hydrogens (tertiary/aromatic N) is 1. The van der Waals surface area contributed by atoms with Crippen LogP contribution < -0.4 is 5.32 Å². The molecule has 0 bridgehead atoms. The molecule has 0 saturated carbocycles. The molecule has 18 heavy (non-hydrogen) atoms. The fraction of sp³-hybridized carbons (Fsp3) is 0.667. The van der Waals surface area contributed by atoms with Gasteiger partial charge in [-0.1, -0.05) is 0 Å². The van der Waals surface area contributed by atoms with E-state index in [0.717, 1.165) is 8.79 Å². The molecule has 102 valence electrons. The van der Waals surface area contributed by atoms with E-state index in [9.17, 15) is 4.79 Å². The van der Waals surface area contributed by atoms with E-state index in [1.54, 1.807) is 17.5 Å². The molecule has 0 saturated heterocycles. The zero-order valence-corrected chi connectivity index (χ0v) is 13.7. The Kier molecular flexibility index (Phi) is 4.91. The smallest absolute Gasteiger partial charge is 0.326 e. The zero-order valence-electron chi connectivity index (χ0n) is 11.3. The monoisotopic (exact) mass is 334 g/mol. The maximum Gasteiger partial charge on any atom is 0.326 e. The highest BCUT2D eigenvalue weighted by Gasteiger charge is 2.32. The van der Waals surface area contributed by atoms with Gasteiger partial charge in [0.05, 0.1) is 9.98 Å². The highest BCUT2D eigenvalue weighted by atomic mass is 79.9. The first-order valence-electron chi connectivity index (χ1n) is 5.69. The number of aromatic nitrogens is 1. The molecule has 0 aliphatic heterocycles. The molecule has 1 N–H and O–H groups in total. The summed E-state index contributed by atoms with van der Waals surface area (Å²) in [4.78, 5) is 16.2. The van der Waals surface area contributed by atoms with Crippen molar-refractivity contribution in [1.82, 2.24) is 10.3 Å². The Hall–Kier alpha value is -0.460. The molecule has 6 heteroatoms. The predicted molar refractivity (Wildman–Crippen MR) is 76.6 cm³/mol. The van der Waals surface area contributed by atoms with Crippen molar-refractivity contribution in [2.24, 2.45) is 0 Å². The van der Waals surface area contributed by atoms with E-state index in [0.29, 0.717) is 6.54 Å². The number of hydrogen-bond acceptors (Lipinski definition) is 5. The van der Waals surface area contributed by atoms with Crippen molar-refractivity contribution >= 4 is 33.2 Å². The van der Waals surface area contributed by atoms with Gasteiger partial charge in [0.25, 0.3) is 0 Å². The topological polar surface area (TPSA) is 51.2 Å². The molecule has 1 rings (SSSR count). The lowest BCUT2D eigenvalue weighted by molar-refractivity contribution is -0.161. The van der Waals surface area contributed by atoms with Gasteiger partial charge in [-0.15, -0.1) is 11.3 Å². The van der Waals surface area contributed by atoms with E-state index in [-0.39, 0.29) is 5.97 Å². The van der Waals surface area contributed by atoms with Gasteiger partial charge in [-0.25, -0.2) is 4.98 Å². The third-order valence-corrected chi connectivity index (χ3v) is 3.59. The van der Waals surface area contributed by atoms with Gasteiger partial charge < -0.3 is 4.74 Å². The van der Waals surface area contributed by atoms with Crippen molar-refractivity contribution in [3.63, 3.8) is 0 Å². The highest BCUT2D eigenvalue weighted by molar-refractivity contribution is 9.11. The van der Waals surface area contributed by atoms with Crippen LogP contribution >= 0.6 is 27.3 Å². The maximum atomic E-state index is 12.0. The summed E-state index contributed by atoms with van der Waals surface area (Å²) in [6.45, 7) is 9.74. The lowest BCUT2D eigenvalue weighted by Gasteiger charge is -2.29. The molecule has 1 aromatic heterocycles. The van der Waals surface area contributed by atoms with Gasteiger partial charge >= 0.3 is 5.97 Å². The average Bonchev–Trinajstić information content (AvgIpc) is 2.59. The van der Waals surface area contributed by atoms with Crippen molar-refractivity contribution < 1.29 is 9.53 Å². The number of thiazole rings is 1. The molecule has 0 unspecified atom stereocenters. The van der Waals surface area contributed by atoms with E-state index in [1.807, 2.05) is 34.6 Å². The Labute approximate surface area is 120 Å². The molecule has 0 atom stereocenters. The number of rotatable bonds is 4. The summed E-state index contributed by atoms with van der Waals surface area (Å²) in [7, 11) is 0. The molecule has 0 aliphatic carbocycles. The Bertz CT molecular complexity index is 424. The molecule has 1 heterocycles. The summed E-state index contributed by atoms with van der Waals surface area (Å²) in [5, 5.41) is 4.09. The van der Waals surface area contributed by atoms with E-state index in [4.69, 9.17) is 4.74 Å². The standard InChI is InChI=1S/C12H19BrN2O2S/c1-11(2,3)17-10(16)12(4,5)15-7-9-14-6-8(13)18-9/h6,15H,7H2,1-5H3. The predicted octanol–water partition coefficient (Wildman–Crippen LogP) is 3.12. The number of ether oxygens (including phenoxy) is 1. The van der Waals surface area contributed by atoms with Gasteiger partial charge in [0.1, 0.15) is 16.1 Å². The fourth-order valence-corrected chi connectivity index (χ4v) is 2.39. The summed E-state index contributed by atoms with van der Waals surface area (Å²) < 4.78 is 6.35. The van der Waals surface area contributed by atoms with E-state index in [1.165, 1.54) is 0 Å². The Morgan fingerprint density at radius 2 is 2.06 bits per heavy atom. The second-order valence-electron chi connectivity index (χ2n) is 5.54. The average molecular weight is 335 g/mol. The lowest BCUT2D eigenvalue weighted by atomic mass is 10.1. The van der Waals surface area contributed by atoms with Crippen LogP contribution in [0.25, 0.3) is 0 Å². The van der Waals surface area contributed by atoms with Gasteiger partial charge in [-0.05, 0) is 50.5 Å². The van der Waals surface area contributed by atoms with Crippen molar-refractivity contribution in [3.8, 4) is 0 Å². The van der Waals surface area contributed by atoms with Gasteiger partial charge in [-0.2, -0.15) is 0 Å². The minimum Gasteiger partial charge on any atom is -0.459 e.